The van der Waals surface area contributed by atoms with Crippen molar-refractivity contribution in [1.82, 2.24) is 4.57 Å². The second kappa shape index (κ2) is 8.28. The molecular weight excluding hydrogens is 439 g/mol. The number of benzene rings is 2. The average molecular weight is 463 g/mol. The van der Waals surface area contributed by atoms with E-state index in [-0.39, 0.29) is 20.2 Å². The summed E-state index contributed by atoms with van der Waals surface area (Å²) in [6.07, 6.45) is 3.31. The van der Waals surface area contributed by atoms with E-state index < -0.39 is 21.1 Å². The first-order valence-corrected chi connectivity index (χ1v) is 12.2. The van der Waals surface area contributed by atoms with Gasteiger partial charge in [-0.05, 0) is 56.0 Å². The first kappa shape index (κ1) is 21.8. The van der Waals surface area contributed by atoms with E-state index in [1.165, 1.54) is 30.5 Å². The number of piperidine rings is 1. The molecule has 4 rings (SSSR count). The van der Waals surface area contributed by atoms with E-state index in [9.17, 15) is 13.2 Å². The van der Waals surface area contributed by atoms with Crippen LogP contribution in [0.3, 0.4) is 0 Å². The molecule has 1 fully saturated rings. The van der Waals surface area contributed by atoms with Gasteiger partial charge in [-0.3, -0.25) is 4.79 Å². The topological polar surface area (TPSA) is 59.4 Å². The summed E-state index contributed by atoms with van der Waals surface area (Å²) >= 11 is 5.95. The predicted molar refractivity (Wildman–Crippen MR) is 121 cm³/mol. The monoisotopic (exact) mass is 462 g/mol. The molecule has 2 heterocycles. The molecule has 2 aromatic carbocycles. The zero-order valence-electron chi connectivity index (χ0n) is 17.4. The summed E-state index contributed by atoms with van der Waals surface area (Å²) in [6.45, 7) is 5.97. The smallest absolute Gasteiger partial charge is 0.211 e. The Bertz CT molecular complexity index is 1310. The molecule has 0 bridgehead atoms. The highest BCUT2D eigenvalue weighted by molar-refractivity contribution is 7.91. The number of fused-ring (bicyclic) bond motifs is 1. The molecule has 0 amide bonds. The van der Waals surface area contributed by atoms with Crippen LogP contribution in [0.25, 0.3) is 10.9 Å². The van der Waals surface area contributed by atoms with Gasteiger partial charge in [0.25, 0.3) is 0 Å². The molecule has 0 aliphatic carbocycles. The average Bonchev–Trinajstić information content (AvgIpc) is 2.74. The zero-order chi connectivity index (χ0) is 22.3. The Morgan fingerprint density at radius 2 is 1.87 bits per heavy atom. The third-order valence-electron chi connectivity index (χ3n) is 5.98. The van der Waals surface area contributed by atoms with Crippen molar-refractivity contribution in [2.24, 2.45) is 5.92 Å². The summed E-state index contributed by atoms with van der Waals surface area (Å²) in [5.74, 6) is 0.0898. The van der Waals surface area contributed by atoms with Crippen LogP contribution < -0.4 is 10.3 Å². The maximum Gasteiger partial charge on any atom is 0.211 e. The standard InChI is InChI=1S/C23H24ClFN2O3S/c1-3-26-14-22(31(29,30)17-6-4-5-16(24)11-17)23(28)18-12-19(25)21(13-20(18)26)27-9-7-15(2)8-10-27/h4-6,11-15H,3,7-10H2,1-2H3. The molecular formula is C23H24ClFN2O3S. The minimum atomic E-state index is -4.12. The van der Waals surface area contributed by atoms with Crippen LogP contribution in [0.2, 0.25) is 5.02 Å². The van der Waals surface area contributed by atoms with Crippen molar-refractivity contribution in [3.63, 3.8) is 0 Å². The lowest BCUT2D eigenvalue weighted by Gasteiger charge is -2.32. The van der Waals surface area contributed by atoms with Gasteiger partial charge in [-0.15, -0.1) is 0 Å². The molecule has 164 valence electrons. The minimum Gasteiger partial charge on any atom is -0.369 e. The predicted octanol–water partition coefficient (Wildman–Crippen LogP) is 4.88. The summed E-state index contributed by atoms with van der Waals surface area (Å²) < 4.78 is 43.1. The first-order chi connectivity index (χ1) is 14.7. The van der Waals surface area contributed by atoms with E-state index in [2.05, 4.69) is 6.92 Å². The number of halogens is 2. The van der Waals surface area contributed by atoms with E-state index in [1.807, 2.05) is 11.8 Å². The molecule has 0 spiro atoms. The van der Waals surface area contributed by atoms with Crippen LogP contribution in [0.4, 0.5) is 10.1 Å². The van der Waals surface area contributed by atoms with Gasteiger partial charge >= 0.3 is 0 Å². The van der Waals surface area contributed by atoms with Gasteiger partial charge in [0, 0.05) is 30.9 Å². The second-order valence-electron chi connectivity index (χ2n) is 8.06. The maximum absolute atomic E-state index is 15.1. The maximum atomic E-state index is 15.1. The molecule has 0 radical (unpaired) electrons. The number of hydrogen-bond donors (Lipinski definition) is 0. The number of aryl methyl sites for hydroxylation is 1. The van der Waals surface area contributed by atoms with Gasteiger partial charge in [-0.1, -0.05) is 24.6 Å². The van der Waals surface area contributed by atoms with Crippen LogP contribution in [0.15, 0.2) is 57.2 Å². The van der Waals surface area contributed by atoms with Crippen LogP contribution in [0, 0.1) is 11.7 Å². The summed E-state index contributed by atoms with van der Waals surface area (Å²) in [5, 5.41) is 0.306. The highest BCUT2D eigenvalue weighted by Gasteiger charge is 2.26. The first-order valence-electron chi connectivity index (χ1n) is 10.3. The summed E-state index contributed by atoms with van der Waals surface area (Å²) in [7, 11) is -4.12. The van der Waals surface area contributed by atoms with Crippen molar-refractivity contribution in [1.29, 1.82) is 0 Å². The van der Waals surface area contributed by atoms with Gasteiger partial charge < -0.3 is 9.47 Å². The third kappa shape index (κ3) is 3.96. The van der Waals surface area contributed by atoms with Crippen LogP contribution in [-0.4, -0.2) is 26.1 Å². The molecule has 8 heteroatoms. The van der Waals surface area contributed by atoms with Crippen molar-refractivity contribution in [2.75, 3.05) is 18.0 Å². The molecule has 0 unspecified atom stereocenters. The molecule has 1 aromatic heterocycles. The van der Waals surface area contributed by atoms with Crippen LogP contribution in [-0.2, 0) is 16.4 Å². The number of pyridine rings is 1. The van der Waals surface area contributed by atoms with E-state index in [0.717, 1.165) is 25.9 Å². The normalized spacial score (nSPS) is 15.5. The molecule has 31 heavy (non-hydrogen) atoms. The Balaban J connectivity index is 1.90. The molecule has 5 nitrogen and oxygen atoms in total. The lowest BCUT2D eigenvalue weighted by molar-refractivity contribution is 0.434. The number of anilines is 1. The Kier molecular flexibility index (Phi) is 5.83. The zero-order valence-corrected chi connectivity index (χ0v) is 19.0. The Hall–Kier alpha value is -2.38. The Morgan fingerprint density at radius 3 is 2.52 bits per heavy atom. The van der Waals surface area contributed by atoms with Crippen molar-refractivity contribution >= 4 is 38.0 Å². The third-order valence-corrected chi connectivity index (χ3v) is 7.96. The summed E-state index contributed by atoms with van der Waals surface area (Å²) in [4.78, 5) is 14.7. The van der Waals surface area contributed by atoms with Gasteiger partial charge in [0.15, 0.2) is 0 Å². The molecule has 0 atom stereocenters. The Morgan fingerprint density at radius 1 is 1.16 bits per heavy atom. The quantitative estimate of drug-likeness (QED) is 0.554. The van der Waals surface area contributed by atoms with Crippen LogP contribution in [0.1, 0.15) is 26.7 Å². The number of nitrogens with zero attached hydrogens (tertiary/aromatic N) is 2. The number of rotatable bonds is 4. The van der Waals surface area contributed by atoms with E-state index in [4.69, 9.17) is 11.6 Å². The number of aromatic nitrogens is 1. The van der Waals surface area contributed by atoms with Crippen molar-refractivity contribution in [2.45, 2.75) is 43.0 Å². The van der Waals surface area contributed by atoms with E-state index in [1.54, 1.807) is 16.7 Å². The summed E-state index contributed by atoms with van der Waals surface area (Å²) in [6, 6.07) is 8.61. The van der Waals surface area contributed by atoms with Gasteiger partial charge in [0.2, 0.25) is 15.3 Å². The highest BCUT2D eigenvalue weighted by atomic mass is 35.5. The number of sulfone groups is 1. The second-order valence-corrected chi connectivity index (χ2v) is 10.4. The molecule has 1 aliphatic rings. The van der Waals surface area contributed by atoms with Crippen molar-refractivity contribution in [3.8, 4) is 0 Å². The van der Waals surface area contributed by atoms with Gasteiger partial charge in [0.1, 0.15) is 10.7 Å². The van der Waals surface area contributed by atoms with Crippen LogP contribution >= 0.6 is 11.6 Å². The fourth-order valence-electron chi connectivity index (χ4n) is 4.08. The van der Waals surface area contributed by atoms with Gasteiger partial charge in [-0.2, -0.15) is 0 Å². The van der Waals surface area contributed by atoms with Crippen molar-refractivity contribution in [3.05, 3.63) is 63.7 Å². The lowest BCUT2D eigenvalue weighted by atomic mass is 9.98. The fourth-order valence-corrected chi connectivity index (χ4v) is 5.75. The van der Waals surface area contributed by atoms with E-state index in [0.29, 0.717) is 23.7 Å². The van der Waals surface area contributed by atoms with Crippen LogP contribution in [0.5, 0.6) is 0 Å². The summed E-state index contributed by atoms with van der Waals surface area (Å²) in [5.41, 5.74) is 0.261. The van der Waals surface area contributed by atoms with E-state index >= 15 is 4.39 Å². The van der Waals surface area contributed by atoms with Gasteiger partial charge in [0.05, 0.1) is 21.5 Å². The molecule has 3 aromatic rings. The van der Waals surface area contributed by atoms with Gasteiger partial charge in [-0.25, -0.2) is 12.8 Å². The van der Waals surface area contributed by atoms with Crippen molar-refractivity contribution < 1.29 is 12.8 Å². The molecule has 0 N–H and O–H groups in total. The largest absolute Gasteiger partial charge is 0.369 e. The number of hydrogen-bond acceptors (Lipinski definition) is 4. The SMILES string of the molecule is CCn1cc(S(=O)(=O)c2cccc(Cl)c2)c(=O)c2cc(F)c(N3CCC(C)CC3)cc21. The lowest BCUT2D eigenvalue weighted by Crippen LogP contribution is -2.33. The fraction of sp³-hybridized carbons (Fsp3) is 0.348. The molecule has 1 saturated heterocycles. The molecule has 1 aliphatic heterocycles. The molecule has 0 saturated carbocycles. The Labute approximate surface area is 186 Å². The minimum absolute atomic E-state index is 0.0524. The highest BCUT2D eigenvalue weighted by Crippen LogP contribution is 2.30.